The van der Waals surface area contributed by atoms with Crippen molar-refractivity contribution in [2.75, 3.05) is 0 Å². The van der Waals surface area contributed by atoms with Crippen LogP contribution in [0.15, 0.2) is 88.8 Å². The third-order valence-corrected chi connectivity index (χ3v) is 5.81. The monoisotopic (exact) mass is 420 g/mol. The fourth-order valence-corrected chi connectivity index (χ4v) is 4.37. The maximum Gasteiger partial charge on any atom is 0.282 e. The zero-order chi connectivity index (χ0) is 22.2. The van der Waals surface area contributed by atoms with E-state index in [1.807, 2.05) is 60.7 Å². The van der Waals surface area contributed by atoms with Crippen LogP contribution >= 0.6 is 0 Å². The zero-order valence-corrected chi connectivity index (χ0v) is 18.4. The normalized spacial score (nSPS) is 11.9. The summed E-state index contributed by atoms with van der Waals surface area (Å²) in [5.41, 5.74) is 4.61. The number of hydrogen-bond donors (Lipinski definition) is 0. The van der Waals surface area contributed by atoms with Crippen LogP contribution in [0.1, 0.15) is 31.1 Å². The van der Waals surface area contributed by atoms with Crippen molar-refractivity contribution >= 4 is 28.0 Å². The van der Waals surface area contributed by atoms with E-state index in [1.165, 1.54) is 4.68 Å². The quantitative estimate of drug-likeness (QED) is 0.346. The van der Waals surface area contributed by atoms with Crippen LogP contribution in [0.4, 0.5) is 0 Å². The van der Waals surface area contributed by atoms with Crippen LogP contribution in [0.5, 0.6) is 0 Å². The Kier molecular flexibility index (Phi) is 4.94. The van der Waals surface area contributed by atoms with Gasteiger partial charge in [-0.05, 0) is 39.0 Å². The fraction of sp³-hybridized carbons (Fsp3) is 0.148. The molecule has 5 nitrogen and oxygen atoms in total. The minimum Gasteiger partial charge on any atom is -0.342 e. The van der Waals surface area contributed by atoms with Gasteiger partial charge in [0.05, 0.1) is 17.1 Å². The summed E-state index contributed by atoms with van der Waals surface area (Å²) in [6.07, 6.45) is 1.79. The Labute approximate surface area is 186 Å². The molecule has 0 aliphatic rings. The van der Waals surface area contributed by atoms with Crippen molar-refractivity contribution in [2.45, 2.75) is 26.8 Å². The summed E-state index contributed by atoms with van der Waals surface area (Å²) in [5.74, 6) is 0.524. The molecule has 0 saturated carbocycles. The van der Waals surface area contributed by atoms with Crippen LogP contribution in [0, 0.1) is 6.92 Å². The highest BCUT2D eigenvalue weighted by molar-refractivity contribution is 6.01. The van der Waals surface area contributed by atoms with E-state index in [0.717, 1.165) is 27.7 Å². The van der Waals surface area contributed by atoms with E-state index in [1.54, 1.807) is 12.3 Å². The van der Waals surface area contributed by atoms with Gasteiger partial charge in [0.2, 0.25) is 0 Å². The molecule has 5 rings (SSSR count). The van der Waals surface area contributed by atoms with Crippen molar-refractivity contribution in [3.63, 3.8) is 0 Å². The van der Waals surface area contributed by atoms with E-state index in [9.17, 15) is 4.79 Å². The highest BCUT2D eigenvalue weighted by Crippen LogP contribution is 2.28. The molecule has 5 aromatic rings. The lowest BCUT2D eigenvalue weighted by atomic mass is 10.1. The maximum absolute atomic E-state index is 13.4. The third-order valence-electron chi connectivity index (χ3n) is 5.81. The summed E-state index contributed by atoms with van der Waals surface area (Å²) in [6, 6.07) is 25.7. The lowest BCUT2D eigenvalue weighted by molar-refractivity contribution is 0.607. The molecule has 0 bridgehead atoms. The molecule has 0 fully saturated rings. The van der Waals surface area contributed by atoms with Crippen LogP contribution < -0.4 is 5.56 Å². The fourth-order valence-electron chi connectivity index (χ4n) is 4.37. The van der Waals surface area contributed by atoms with Gasteiger partial charge in [0.15, 0.2) is 5.82 Å². The average molecular weight is 421 g/mol. The smallest absolute Gasteiger partial charge is 0.282 e. The largest absolute Gasteiger partial charge is 0.342 e. The molecule has 0 aliphatic heterocycles. The number of nitrogens with zero attached hydrogens (tertiary/aromatic N) is 4. The molecule has 0 saturated heterocycles. The topological polar surface area (TPSA) is 52.2 Å². The van der Waals surface area contributed by atoms with Gasteiger partial charge < -0.3 is 4.57 Å². The Bertz CT molecular complexity index is 1520. The van der Waals surface area contributed by atoms with Crippen LogP contribution in [0.25, 0.3) is 33.2 Å². The Morgan fingerprint density at radius 2 is 1.53 bits per heavy atom. The molecule has 0 unspecified atom stereocenters. The van der Waals surface area contributed by atoms with E-state index >= 15 is 0 Å². The van der Waals surface area contributed by atoms with E-state index in [2.05, 4.69) is 42.6 Å². The second kappa shape index (κ2) is 7.93. The van der Waals surface area contributed by atoms with E-state index in [4.69, 9.17) is 4.98 Å². The van der Waals surface area contributed by atoms with Gasteiger partial charge in [0.25, 0.3) is 5.56 Å². The summed E-state index contributed by atoms with van der Waals surface area (Å²) in [7, 11) is 0. The summed E-state index contributed by atoms with van der Waals surface area (Å²) < 4.78 is 3.72. The molecular formula is C27H24N4O. The molecule has 5 heteroatoms. The standard InChI is InChI=1S/C27H24N4O/c1-18(2)30-19(3)23(21-13-8-10-16-25(21)30)17-28-31-26(20-11-5-4-6-12-20)29-24-15-9-7-14-22(24)27(31)32/h4-18H,1-3H3. The number of hydrogen-bond acceptors (Lipinski definition) is 3. The first-order valence-corrected chi connectivity index (χ1v) is 10.8. The first-order chi connectivity index (χ1) is 15.6. The number of fused-ring (bicyclic) bond motifs is 2. The van der Waals surface area contributed by atoms with Gasteiger partial charge in [0, 0.05) is 33.8 Å². The van der Waals surface area contributed by atoms with Crippen LogP contribution in [0.2, 0.25) is 0 Å². The van der Waals surface area contributed by atoms with E-state index < -0.39 is 0 Å². The number of benzene rings is 3. The molecule has 2 heterocycles. The summed E-state index contributed by atoms with van der Waals surface area (Å²) in [4.78, 5) is 18.2. The molecule has 0 radical (unpaired) electrons. The van der Waals surface area contributed by atoms with Gasteiger partial charge in [-0.15, -0.1) is 0 Å². The second-order valence-corrected chi connectivity index (χ2v) is 8.16. The lowest BCUT2D eigenvalue weighted by Crippen LogP contribution is -2.20. The Morgan fingerprint density at radius 3 is 2.28 bits per heavy atom. The minimum absolute atomic E-state index is 0.184. The zero-order valence-electron chi connectivity index (χ0n) is 18.4. The number of para-hydroxylation sites is 2. The Hall–Kier alpha value is -3.99. The number of rotatable bonds is 4. The van der Waals surface area contributed by atoms with Crippen molar-refractivity contribution < 1.29 is 0 Å². The van der Waals surface area contributed by atoms with Gasteiger partial charge in [-0.1, -0.05) is 60.7 Å². The highest BCUT2D eigenvalue weighted by atomic mass is 16.1. The molecule has 0 N–H and O–H groups in total. The lowest BCUT2D eigenvalue weighted by Gasteiger charge is -2.12. The van der Waals surface area contributed by atoms with Crippen molar-refractivity contribution in [2.24, 2.45) is 5.10 Å². The molecule has 0 aliphatic carbocycles. The third kappa shape index (κ3) is 3.23. The summed E-state index contributed by atoms with van der Waals surface area (Å²) in [6.45, 7) is 6.44. The van der Waals surface area contributed by atoms with Gasteiger partial charge in [0.1, 0.15) is 0 Å². The maximum atomic E-state index is 13.4. The first kappa shape index (κ1) is 19.9. The van der Waals surface area contributed by atoms with Gasteiger partial charge in [-0.25, -0.2) is 4.98 Å². The SMILES string of the molecule is Cc1c(C=Nn2c(-c3ccccc3)nc3ccccc3c2=O)c2ccccc2n1C(C)C. The molecule has 3 aromatic carbocycles. The molecule has 0 atom stereocenters. The van der Waals surface area contributed by atoms with E-state index in [0.29, 0.717) is 22.8 Å². The average Bonchev–Trinajstić information content (AvgIpc) is 3.10. The predicted octanol–water partition coefficient (Wildman–Crippen LogP) is 5.79. The molecule has 2 aromatic heterocycles. The van der Waals surface area contributed by atoms with Crippen LogP contribution in [-0.4, -0.2) is 20.4 Å². The van der Waals surface area contributed by atoms with E-state index in [-0.39, 0.29) is 5.56 Å². The number of aromatic nitrogens is 3. The minimum atomic E-state index is -0.184. The predicted molar refractivity (Wildman–Crippen MR) is 131 cm³/mol. The van der Waals surface area contributed by atoms with Crippen molar-refractivity contribution in [1.82, 2.24) is 14.2 Å². The molecular weight excluding hydrogens is 396 g/mol. The van der Waals surface area contributed by atoms with Crippen molar-refractivity contribution in [3.8, 4) is 11.4 Å². The van der Waals surface area contributed by atoms with Gasteiger partial charge >= 0.3 is 0 Å². The molecule has 0 spiro atoms. The summed E-state index contributed by atoms with van der Waals surface area (Å²) in [5, 5.41) is 6.35. The Balaban J connectivity index is 1.76. The Morgan fingerprint density at radius 1 is 0.875 bits per heavy atom. The van der Waals surface area contributed by atoms with Crippen molar-refractivity contribution in [1.29, 1.82) is 0 Å². The first-order valence-electron chi connectivity index (χ1n) is 10.8. The van der Waals surface area contributed by atoms with Gasteiger partial charge in [-0.2, -0.15) is 9.78 Å². The highest BCUT2D eigenvalue weighted by Gasteiger charge is 2.16. The molecule has 32 heavy (non-hydrogen) atoms. The van der Waals surface area contributed by atoms with Crippen molar-refractivity contribution in [3.05, 3.63) is 100 Å². The van der Waals surface area contributed by atoms with Crippen LogP contribution in [-0.2, 0) is 0 Å². The molecule has 158 valence electrons. The summed E-state index contributed by atoms with van der Waals surface area (Å²) >= 11 is 0. The molecule has 0 amide bonds. The van der Waals surface area contributed by atoms with Crippen LogP contribution in [0.3, 0.4) is 0 Å². The second-order valence-electron chi connectivity index (χ2n) is 8.16. The van der Waals surface area contributed by atoms with Gasteiger partial charge in [-0.3, -0.25) is 4.79 Å².